The Balaban J connectivity index is 2.23. The minimum absolute atomic E-state index is 0.0193. The van der Waals surface area contributed by atoms with Crippen LogP contribution in [0.5, 0.6) is 0 Å². The number of hydrogen-bond acceptors (Lipinski definition) is 4. The fourth-order valence-electron chi connectivity index (χ4n) is 2.03. The van der Waals surface area contributed by atoms with Crippen LogP contribution in [0.4, 0.5) is 0 Å². The highest BCUT2D eigenvalue weighted by atomic mass is 32.2. The second kappa shape index (κ2) is 6.11. The molecule has 0 atom stereocenters. The normalized spacial score (nSPS) is 15.6. The van der Waals surface area contributed by atoms with Crippen LogP contribution in [0.2, 0.25) is 0 Å². The number of rotatable bonds is 7. The number of hydrogen-bond donors (Lipinski definition) is 1. The molecule has 1 aliphatic rings. The quantitative estimate of drug-likeness (QED) is 0.831. The van der Waals surface area contributed by atoms with Gasteiger partial charge in [0.2, 0.25) is 0 Å². The summed E-state index contributed by atoms with van der Waals surface area (Å²) in [5.41, 5.74) is -0.0193. The molecule has 0 saturated heterocycles. The van der Waals surface area contributed by atoms with Crippen molar-refractivity contribution in [3.8, 4) is 0 Å². The maximum atomic E-state index is 12.6. The third-order valence-corrected chi connectivity index (χ3v) is 5.31. The van der Waals surface area contributed by atoms with Gasteiger partial charge in [-0.25, -0.2) is 18.2 Å². The summed E-state index contributed by atoms with van der Waals surface area (Å²) in [6.45, 7) is 4.59. The highest BCUT2D eigenvalue weighted by Gasteiger charge is 2.38. The Morgan fingerprint density at radius 3 is 2.52 bits per heavy atom. The molecular weight excluding hydrogens is 292 g/mol. The van der Waals surface area contributed by atoms with E-state index >= 15 is 0 Å². The zero-order valence-electron chi connectivity index (χ0n) is 12.2. The molecule has 0 bridgehead atoms. The van der Waals surface area contributed by atoms with E-state index in [4.69, 9.17) is 5.11 Å². The maximum absolute atomic E-state index is 12.6. The molecule has 0 aliphatic heterocycles. The lowest BCUT2D eigenvalue weighted by atomic mass is 10.1. The number of carboxylic acid groups (broad SMARTS) is 1. The standard InChI is InChI=1S/C14H20N2O4S/c1-10(2)7-8-16(12-4-5-12)21(19,20)13-6-3-11(9-15-13)14(17)18/h3,6,9-10,12H,4-5,7-8H2,1-2H3,(H,17,18). The Labute approximate surface area is 124 Å². The number of aromatic carboxylic acids is 1. The molecule has 1 heterocycles. The van der Waals surface area contributed by atoms with E-state index in [1.165, 1.54) is 16.4 Å². The van der Waals surface area contributed by atoms with Crippen molar-refractivity contribution in [3.05, 3.63) is 23.9 Å². The Morgan fingerprint density at radius 1 is 1.43 bits per heavy atom. The fraction of sp³-hybridized carbons (Fsp3) is 0.571. The van der Waals surface area contributed by atoms with Crippen LogP contribution < -0.4 is 0 Å². The molecule has 0 aromatic carbocycles. The zero-order chi connectivity index (χ0) is 15.6. The van der Waals surface area contributed by atoms with Gasteiger partial charge in [0.05, 0.1) is 5.56 Å². The first-order valence-corrected chi connectivity index (χ1v) is 8.47. The Hall–Kier alpha value is -1.47. The number of carbonyl (C=O) groups is 1. The molecule has 1 aromatic rings. The van der Waals surface area contributed by atoms with Crippen LogP contribution in [0.1, 0.15) is 43.5 Å². The molecule has 1 aliphatic carbocycles. The Kier molecular flexibility index (Phi) is 4.63. The first kappa shape index (κ1) is 15.9. The summed E-state index contributed by atoms with van der Waals surface area (Å²) in [7, 11) is -3.65. The topological polar surface area (TPSA) is 87.6 Å². The average molecular weight is 312 g/mol. The van der Waals surface area contributed by atoms with E-state index in [1.807, 2.05) is 0 Å². The van der Waals surface area contributed by atoms with Gasteiger partial charge in [-0.2, -0.15) is 4.31 Å². The summed E-state index contributed by atoms with van der Waals surface area (Å²) in [6, 6.07) is 2.61. The smallest absolute Gasteiger partial charge is 0.337 e. The van der Waals surface area contributed by atoms with Gasteiger partial charge in [-0.1, -0.05) is 13.8 Å². The summed E-state index contributed by atoms with van der Waals surface area (Å²) in [5, 5.41) is 8.75. The number of aromatic nitrogens is 1. The van der Waals surface area contributed by atoms with Crippen molar-refractivity contribution in [1.29, 1.82) is 0 Å². The van der Waals surface area contributed by atoms with Crippen molar-refractivity contribution in [1.82, 2.24) is 9.29 Å². The molecule has 0 spiro atoms. The molecule has 0 radical (unpaired) electrons. The van der Waals surface area contributed by atoms with Crippen molar-refractivity contribution < 1.29 is 18.3 Å². The van der Waals surface area contributed by atoms with E-state index in [9.17, 15) is 13.2 Å². The number of sulfonamides is 1. The molecule has 0 unspecified atom stereocenters. The SMILES string of the molecule is CC(C)CCN(C1CC1)S(=O)(=O)c1ccc(C(=O)O)cn1. The van der Waals surface area contributed by atoms with E-state index in [-0.39, 0.29) is 16.6 Å². The van der Waals surface area contributed by atoms with Crippen molar-refractivity contribution in [2.75, 3.05) is 6.54 Å². The molecule has 1 aromatic heterocycles. The first-order chi connectivity index (χ1) is 9.82. The van der Waals surface area contributed by atoms with Crippen molar-refractivity contribution in [2.45, 2.75) is 44.2 Å². The van der Waals surface area contributed by atoms with Crippen molar-refractivity contribution in [2.24, 2.45) is 5.92 Å². The molecule has 2 rings (SSSR count). The minimum atomic E-state index is -3.65. The zero-order valence-corrected chi connectivity index (χ0v) is 13.0. The lowest BCUT2D eigenvalue weighted by Gasteiger charge is -2.22. The maximum Gasteiger partial charge on any atom is 0.337 e. The molecule has 116 valence electrons. The van der Waals surface area contributed by atoms with E-state index in [0.717, 1.165) is 25.5 Å². The van der Waals surface area contributed by atoms with Gasteiger partial charge in [-0.3, -0.25) is 0 Å². The Morgan fingerprint density at radius 2 is 2.10 bits per heavy atom. The first-order valence-electron chi connectivity index (χ1n) is 7.03. The van der Waals surface area contributed by atoms with E-state index < -0.39 is 16.0 Å². The highest BCUT2D eigenvalue weighted by Crippen LogP contribution is 2.32. The highest BCUT2D eigenvalue weighted by molar-refractivity contribution is 7.89. The van der Waals surface area contributed by atoms with Gasteiger partial charge in [-0.05, 0) is 37.3 Å². The largest absolute Gasteiger partial charge is 0.478 e. The van der Waals surface area contributed by atoms with Crippen LogP contribution >= 0.6 is 0 Å². The monoisotopic (exact) mass is 312 g/mol. The molecular formula is C14H20N2O4S. The summed E-state index contributed by atoms with van der Waals surface area (Å²) in [5.74, 6) is -0.700. The lowest BCUT2D eigenvalue weighted by Crippen LogP contribution is -2.35. The third kappa shape index (κ3) is 3.79. The predicted octanol–water partition coefficient (Wildman–Crippen LogP) is 1.98. The summed E-state index contributed by atoms with van der Waals surface area (Å²) >= 11 is 0. The van der Waals surface area contributed by atoms with Crippen LogP contribution in [0.15, 0.2) is 23.4 Å². The fourth-order valence-corrected chi connectivity index (χ4v) is 3.64. The lowest BCUT2D eigenvalue weighted by molar-refractivity contribution is 0.0696. The number of nitrogens with zero attached hydrogens (tertiary/aromatic N) is 2. The van der Waals surface area contributed by atoms with Gasteiger partial charge in [0.25, 0.3) is 10.0 Å². The van der Waals surface area contributed by atoms with Gasteiger partial charge in [-0.15, -0.1) is 0 Å². The van der Waals surface area contributed by atoms with Crippen LogP contribution in [0.3, 0.4) is 0 Å². The van der Waals surface area contributed by atoms with Gasteiger partial charge < -0.3 is 5.11 Å². The molecule has 21 heavy (non-hydrogen) atoms. The van der Waals surface area contributed by atoms with Crippen LogP contribution in [-0.2, 0) is 10.0 Å². The summed E-state index contributed by atoms with van der Waals surface area (Å²) < 4.78 is 26.8. The van der Waals surface area contributed by atoms with Crippen LogP contribution in [-0.4, -0.2) is 41.4 Å². The van der Waals surface area contributed by atoms with Gasteiger partial charge >= 0.3 is 5.97 Å². The van der Waals surface area contributed by atoms with Crippen molar-refractivity contribution >= 4 is 16.0 Å². The second-order valence-corrected chi connectivity index (χ2v) is 7.56. The predicted molar refractivity (Wildman–Crippen MR) is 77.6 cm³/mol. The molecule has 1 N–H and O–H groups in total. The van der Waals surface area contributed by atoms with Gasteiger partial charge in [0.15, 0.2) is 5.03 Å². The summed E-state index contributed by atoms with van der Waals surface area (Å²) in [4.78, 5) is 14.6. The van der Waals surface area contributed by atoms with Crippen LogP contribution in [0.25, 0.3) is 0 Å². The van der Waals surface area contributed by atoms with E-state index in [0.29, 0.717) is 12.5 Å². The molecule has 7 heteroatoms. The molecule has 1 saturated carbocycles. The third-order valence-electron chi connectivity index (χ3n) is 3.44. The molecule has 1 fully saturated rings. The second-order valence-electron chi connectivity index (χ2n) is 5.72. The van der Waals surface area contributed by atoms with E-state index in [1.54, 1.807) is 0 Å². The number of carboxylic acids is 1. The van der Waals surface area contributed by atoms with Crippen molar-refractivity contribution in [3.63, 3.8) is 0 Å². The number of pyridine rings is 1. The van der Waals surface area contributed by atoms with Crippen LogP contribution in [0, 0.1) is 5.92 Å². The minimum Gasteiger partial charge on any atom is -0.478 e. The van der Waals surface area contributed by atoms with E-state index in [2.05, 4.69) is 18.8 Å². The summed E-state index contributed by atoms with van der Waals surface area (Å²) in [6.07, 6.45) is 3.64. The average Bonchev–Trinajstić information content (AvgIpc) is 3.23. The molecule has 6 nitrogen and oxygen atoms in total. The Bertz CT molecular complexity index is 606. The molecule has 0 amide bonds. The van der Waals surface area contributed by atoms with Gasteiger partial charge in [0, 0.05) is 18.8 Å². The van der Waals surface area contributed by atoms with Gasteiger partial charge in [0.1, 0.15) is 0 Å².